The molecule has 0 aliphatic rings. The molecule has 0 atom stereocenters. The third kappa shape index (κ3) is 4.07. The van der Waals surface area contributed by atoms with E-state index in [1.807, 2.05) is 25.1 Å². The van der Waals surface area contributed by atoms with Gasteiger partial charge in [-0.3, -0.25) is 0 Å². The SMILES string of the molecule is Cc1ccc(Cl)c(OCCOc2cccc(O)c2)c1. The van der Waals surface area contributed by atoms with Gasteiger partial charge in [-0.05, 0) is 36.8 Å². The summed E-state index contributed by atoms with van der Waals surface area (Å²) in [5, 5.41) is 9.87. The van der Waals surface area contributed by atoms with Crippen LogP contribution in [0.2, 0.25) is 5.02 Å². The molecular formula is C15H15ClO3. The highest BCUT2D eigenvalue weighted by atomic mass is 35.5. The quantitative estimate of drug-likeness (QED) is 0.845. The molecular weight excluding hydrogens is 264 g/mol. The van der Waals surface area contributed by atoms with Gasteiger partial charge in [0.25, 0.3) is 0 Å². The van der Waals surface area contributed by atoms with Crippen molar-refractivity contribution in [2.45, 2.75) is 6.92 Å². The average molecular weight is 279 g/mol. The molecule has 0 aliphatic carbocycles. The van der Waals surface area contributed by atoms with E-state index in [2.05, 4.69) is 0 Å². The van der Waals surface area contributed by atoms with E-state index in [0.717, 1.165) is 5.56 Å². The van der Waals surface area contributed by atoms with E-state index in [-0.39, 0.29) is 5.75 Å². The van der Waals surface area contributed by atoms with Crippen LogP contribution in [0.5, 0.6) is 17.2 Å². The normalized spacial score (nSPS) is 10.2. The number of aryl methyl sites for hydroxylation is 1. The molecule has 0 heterocycles. The van der Waals surface area contributed by atoms with Crippen molar-refractivity contribution in [2.75, 3.05) is 13.2 Å². The zero-order chi connectivity index (χ0) is 13.7. The Kier molecular flexibility index (Phi) is 4.53. The van der Waals surface area contributed by atoms with E-state index in [1.54, 1.807) is 24.3 Å². The van der Waals surface area contributed by atoms with Crippen LogP contribution in [0.15, 0.2) is 42.5 Å². The maximum absolute atomic E-state index is 9.29. The van der Waals surface area contributed by atoms with Crippen LogP contribution in [0.25, 0.3) is 0 Å². The molecule has 0 fully saturated rings. The third-order valence-electron chi connectivity index (χ3n) is 2.51. The van der Waals surface area contributed by atoms with Crippen molar-refractivity contribution < 1.29 is 14.6 Å². The zero-order valence-electron chi connectivity index (χ0n) is 10.6. The minimum atomic E-state index is 0.181. The topological polar surface area (TPSA) is 38.7 Å². The lowest BCUT2D eigenvalue weighted by Gasteiger charge is -2.10. The second kappa shape index (κ2) is 6.34. The second-order valence-corrected chi connectivity index (χ2v) is 4.54. The first-order valence-electron chi connectivity index (χ1n) is 5.96. The molecule has 0 saturated carbocycles. The number of rotatable bonds is 5. The van der Waals surface area contributed by atoms with Crippen molar-refractivity contribution in [2.24, 2.45) is 0 Å². The average Bonchev–Trinajstić information content (AvgIpc) is 2.39. The van der Waals surface area contributed by atoms with Crippen LogP contribution in [-0.2, 0) is 0 Å². The van der Waals surface area contributed by atoms with Gasteiger partial charge < -0.3 is 14.6 Å². The largest absolute Gasteiger partial charge is 0.508 e. The predicted molar refractivity (Wildman–Crippen MR) is 75.3 cm³/mol. The zero-order valence-corrected chi connectivity index (χ0v) is 11.4. The first-order chi connectivity index (χ1) is 9.15. The fourth-order valence-corrected chi connectivity index (χ4v) is 1.78. The van der Waals surface area contributed by atoms with Crippen LogP contribution in [-0.4, -0.2) is 18.3 Å². The Morgan fingerprint density at radius 1 is 1.05 bits per heavy atom. The predicted octanol–water partition coefficient (Wildman–Crippen LogP) is 3.81. The summed E-state index contributed by atoms with van der Waals surface area (Å²) in [7, 11) is 0. The summed E-state index contributed by atoms with van der Waals surface area (Å²) >= 11 is 6.01. The monoisotopic (exact) mass is 278 g/mol. The van der Waals surface area contributed by atoms with Crippen LogP contribution < -0.4 is 9.47 Å². The molecule has 2 aromatic carbocycles. The number of halogens is 1. The minimum Gasteiger partial charge on any atom is -0.508 e. The van der Waals surface area contributed by atoms with Crippen molar-refractivity contribution in [3.05, 3.63) is 53.1 Å². The maximum Gasteiger partial charge on any atom is 0.138 e. The van der Waals surface area contributed by atoms with Crippen LogP contribution >= 0.6 is 11.6 Å². The Morgan fingerprint density at radius 2 is 1.84 bits per heavy atom. The van der Waals surface area contributed by atoms with E-state index in [4.69, 9.17) is 21.1 Å². The lowest BCUT2D eigenvalue weighted by atomic mass is 10.2. The Balaban J connectivity index is 1.82. The van der Waals surface area contributed by atoms with E-state index < -0.39 is 0 Å². The van der Waals surface area contributed by atoms with E-state index in [0.29, 0.717) is 29.7 Å². The first-order valence-corrected chi connectivity index (χ1v) is 6.34. The van der Waals surface area contributed by atoms with Gasteiger partial charge in [0.2, 0.25) is 0 Å². The highest BCUT2D eigenvalue weighted by molar-refractivity contribution is 6.32. The molecule has 0 aliphatic heterocycles. The molecule has 0 unspecified atom stereocenters. The summed E-state index contributed by atoms with van der Waals surface area (Å²) < 4.78 is 11.0. The van der Waals surface area contributed by atoms with Crippen molar-refractivity contribution in [1.29, 1.82) is 0 Å². The van der Waals surface area contributed by atoms with Crippen molar-refractivity contribution in [3.8, 4) is 17.2 Å². The molecule has 1 N–H and O–H groups in total. The third-order valence-corrected chi connectivity index (χ3v) is 2.83. The Labute approximate surface area is 117 Å². The molecule has 0 aromatic heterocycles. The van der Waals surface area contributed by atoms with Crippen LogP contribution in [0.4, 0.5) is 0 Å². The maximum atomic E-state index is 9.29. The summed E-state index contributed by atoms with van der Waals surface area (Å²) in [6.07, 6.45) is 0. The van der Waals surface area contributed by atoms with Gasteiger partial charge in [0, 0.05) is 6.07 Å². The standard InChI is InChI=1S/C15H15ClO3/c1-11-5-6-14(16)15(9-11)19-8-7-18-13-4-2-3-12(17)10-13/h2-6,9-10,17H,7-8H2,1H3. The van der Waals surface area contributed by atoms with Gasteiger partial charge in [0.15, 0.2) is 0 Å². The Morgan fingerprint density at radius 3 is 2.63 bits per heavy atom. The molecule has 0 radical (unpaired) electrons. The molecule has 4 heteroatoms. The van der Waals surface area contributed by atoms with Gasteiger partial charge in [0.05, 0.1) is 5.02 Å². The number of phenols is 1. The van der Waals surface area contributed by atoms with Gasteiger partial charge >= 0.3 is 0 Å². The molecule has 2 rings (SSSR count). The fraction of sp³-hybridized carbons (Fsp3) is 0.200. The van der Waals surface area contributed by atoms with Crippen LogP contribution in [0.1, 0.15) is 5.56 Å². The van der Waals surface area contributed by atoms with Gasteiger partial charge in [-0.2, -0.15) is 0 Å². The number of aromatic hydroxyl groups is 1. The van der Waals surface area contributed by atoms with Gasteiger partial charge in [-0.15, -0.1) is 0 Å². The number of benzene rings is 2. The van der Waals surface area contributed by atoms with Gasteiger partial charge in [-0.1, -0.05) is 23.7 Å². The number of phenolic OH excluding ortho intramolecular Hbond substituents is 1. The highest BCUT2D eigenvalue weighted by Crippen LogP contribution is 2.25. The summed E-state index contributed by atoms with van der Waals surface area (Å²) in [5.74, 6) is 1.44. The Hall–Kier alpha value is -1.87. The van der Waals surface area contributed by atoms with Crippen molar-refractivity contribution in [3.63, 3.8) is 0 Å². The van der Waals surface area contributed by atoms with Gasteiger partial charge in [0.1, 0.15) is 30.5 Å². The molecule has 3 nitrogen and oxygen atoms in total. The lowest BCUT2D eigenvalue weighted by molar-refractivity contribution is 0.216. The summed E-state index contributed by atoms with van der Waals surface area (Å²) in [6.45, 7) is 2.75. The van der Waals surface area contributed by atoms with Crippen molar-refractivity contribution >= 4 is 11.6 Å². The molecule has 19 heavy (non-hydrogen) atoms. The van der Waals surface area contributed by atoms with E-state index in [1.165, 1.54) is 0 Å². The van der Waals surface area contributed by atoms with Crippen molar-refractivity contribution in [1.82, 2.24) is 0 Å². The molecule has 0 bridgehead atoms. The number of hydrogen-bond acceptors (Lipinski definition) is 3. The summed E-state index contributed by atoms with van der Waals surface area (Å²) in [5.41, 5.74) is 1.09. The Bertz CT molecular complexity index is 555. The summed E-state index contributed by atoms with van der Waals surface area (Å²) in [4.78, 5) is 0. The number of hydrogen-bond donors (Lipinski definition) is 1. The van der Waals surface area contributed by atoms with Crippen LogP contribution in [0, 0.1) is 6.92 Å². The highest BCUT2D eigenvalue weighted by Gasteiger charge is 2.02. The molecule has 0 saturated heterocycles. The molecule has 0 amide bonds. The second-order valence-electron chi connectivity index (χ2n) is 4.13. The summed E-state index contributed by atoms with van der Waals surface area (Å²) in [6, 6.07) is 12.3. The van der Waals surface area contributed by atoms with E-state index >= 15 is 0 Å². The van der Waals surface area contributed by atoms with Crippen LogP contribution in [0.3, 0.4) is 0 Å². The smallest absolute Gasteiger partial charge is 0.138 e. The number of ether oxygens (including phenoxy) is 2. The molecule has 0 spiro atoms. The minimum absolute atomic E-state index is 0.181. The fourth-order valence-electron chi connectivity index (χ4n) is 1.61. The molecule has 2 aromatic rings. The molecule has 100 valence electrons. The lowest BCUT2D eigenvalue weighted by Crippen LogP contribution is -2.09. The first kappa shape index (κ1) is 13.6. The van der Waals surface area contributed by atoms with E-state index in [9.17, 15) is 5.11 Å². The van der Waals surface area contributed by atoms with Gasteiger partial charge in [-0.25, -0.2) is 0 Å².